The molecule has 42 heteroatoms. The molecule has 9 amide bonds. The van der Waals surface area contributed by atoms with E-state index < -0.39 is 93.7 Å². The van der Waals surface area contributed by atoms with Crippen LogP contribution in [0.2, 0.25) is 0 Å². The number of ether oxygens (including phenoxy) is 6. The van der Waals surface area contributed by atoms with E-state index in [2.05, 4.69) is 73.2 Å². The highest BCUT2D eigenvalue weighted by Gasteiger charge is 2.38. The first-order valence-corrected chi connectivity index (χ1v) is 31.2. The topological polar surface area (TPSA) is 553 Å². The van der Waals surface area contributed by atoms with E-state index in [4.69, 9.17) is 61.2 Å². The number of fused-ring (bicyclic) bond motifs is 2. The highest BCUT2D eigenvalue weighted by molar-refractivity contribution is 6.21. The maximum atomic E-state index is 12.3. The first-order valence-electron chi connectivity index (χ1n) is 31.2. The summed E-state index contributed by atoms with van der Waals surface area (Å²) in [6.45, 7) is 32.0. The summed E-state index contributed by atoms with van der Waals surface area (Å²) in [5.74, 6) is 11.5. The fourth-order valence-corrected chi connectivity index (χ4v) is 6.75. The Hall–Kier alpha value is -9.26. The van der Waals surface area contributed by atoms with Crippen molar-refractivity contribution in [3.63, 3.8) is 0 Å². The number of alkyl carbamates (subject to hydrolysis) is 4. The lowest BCUT2D eigenvalue weighted by molar-refractivity contribution is -0.153. The van der Waals surface area contributed by atoms with Gasteiger partial charge < -0.3 is 55.3 Å². The van der Waals surface area contributed by atoms with E-state index in [1.165, 1.54) is 23.0 Å². The Balaban J connectivity index is -0.000000626. The maximum absolute atomic E-state index is 12.3. The molecular weight excluding hydrogens is 1450 g/mol. The van der Waals surface area contributed by atoms with E-state index in [0.717, 1.165) is 5.06 Å². The van der Waals surface area contributed by atoms with Crippen molar-refractivity contribution < 1.29 is 95.7 Å². The smallest absolute Gasteiger partial charge is 0.435 e. The lowest BCUT2D eigenvalue weighted by Gasteiger charge is -2.22. The number of imide groups is 2. The van der Waals surface area contributed by atoms with Crippen molar-refractivity contribution in [3.05, 3.63) is 89.2 Å². The van der Waals surface area contributed by atoms with Crippen LogP contribution in [-0.4, -0.2) is 197 Å². The Morgan fingerprint density at radius 3 is 1.05 bits per heavy atom. The third-order valence-electron chi connectivity index (χ3n) is 10.00. The predicted octanol–water partition coefficient (Wildman–Crippen LogP) is 5.37. The molecule has 0 atom stereocenters. The zero-order valence-corrected chi connectivity index (χ0v) is 65.1. The van der Waals surface area contributed by atoms with Crippen LogP contribution >= 0.6 is 37.2 Å². The van der Waals surface area contributed by atoms with Crippen molar-refractivity contribution >= 4 is 121 Å². The number of aromatic nitrogens is 2. The normalized spacial score (nSPS) is 12.1. The monoisotopic (exact) mass is 1550 g/mol. The molecule has 2 aliphatic rings. The predicted molar refractivity (Wildman–Crippen MR) is 395 cm³/mol. The summed E-state index contributed by atoms with van der Waals surface area (Å²) in [5, 5.41) is 14.7. The molecule has 0 unspecified atom stereocenters. The quantitative estimate of drug-likeness (QED) is 0.0133. The maximum Gasteiger partial charge on any atom is 0.435 e. The Morgan fingerprint density at radius 2 is 0.771 bits per heavy atom. The van der Waals surface area contributed by atoms with Crippen LogP contribution in [0.25, 0.3) is 0 Å². The number of nitrogens with one attached hydrogen (secondary N) is 5. The minimum absolute atomic E-state index is 0. The number of amides is 9. The highest BCUT2D eigenvalue weighted by Crippen LogP contribution is 2.24. The number of benzene rings is 2. The second-order valence-corrected chi connectivity index (χ2v) is 26.4. The highest BCUT2D eigenvalue weighted by atomic mass is 35.5. The second-order valence-electron chi connectivity index (χ2n) is 26.4. The van der Waals surface area contributed by atoms with Crippen LogP contribution in [0.5, 0.6) is 0 Å². The molecule has 0 bridgehead atoms. The summed E-state index contributed by atoms with van der Waals surface area (Å²) >= 11 is 0. The van der Waals surface area contributed by atoms with Gasteiger partial charge in [0, 0.05) is 18.9 Å². The molecule has 0 saturated heterocycles. The minimum Gasteiger partial charge on any atom is -0.460 e. The Kier molecular flexibility index (Phi) is 48.1. The summed E-state index contributed by atoms with van der Waals surface area (Å²) < 4.78 is 32.2. The number of hydroxylamine groups is 4. The number of hydrogen-bond acceptors (Lipinski definition) is 29. The van der Waals surface area contributed by atoms with Crippen molar-refractivity contribution in [2.24, 2.45) is 54.8 Å². The Bertz CT molecular complexity index is 3220. The van der Waals surface area contributed by atoms with Gasteiger partial charge in [0.15, 0.2) is 5.96 Å². The molecule has 0 fully saturated rings. The number of carbonyl (C=O) groups excluding carboxylic acids is 10. The van der Waals surface area contributed by atoms with Gasteiger partial charge in [0.05, 0.1) is 68.3 Å². The number of hydrogen-bond donors (Lipinski definition) is 11. The van der Waals surface area contributed by atoms with Crippen molar-refractivity contribution in [2.75, 3.05) is 59.7 Å². The summed E-state index contributed by atoms with van der Waals surface area (Å²) in [4.78, 5) is 153. The van der Waals surface area contributed by atoms with Gasteiger partial charge in [0.2, 0.25) is 11.9 Å². The van der Waals surface area contributed by atoms with Crippen molar-refractivity contribution in [2.45, 2.75) is 165 Å². The third kappa shape index (κ3) is 47.7. The number of esters is 1. The molecule has 105 heavy (non-hydrogen) atoms. The SMILES string of the molecule is CC(C)(C)OC(=O)CC(=NC(=O)OC(C)(C)C)n1cccn1.CC(C)(C)OC(=O)NC(=NCCON)NC(=O)OC(C)(C)C.CC(C)(C)OC(=O)NC(=NCCON1C(=O)c2ccccc2C1=O)NC(=O)OC(C)(C)C.CNN.Cl.Cl.Cl.NCCON1C(=O)c2ccccc2C1=O.NOCCN=C(N)N. The third-order valence-corrected chi connectivity index (χ3v) is 10.00. The van der Waals surface area contributed by atoms with E-state index in [0.29, 0.717) is 29.3 Å². The zero-order chi connectivity index (χ0) is 78.4. The number of halogens is 3. The van der Waals surface area contributed by atoms with Gasteiger partial charge in [0.1, 0.15) is 45.9 Å². The van der Waals surface area contributed by atoms with E-state index in [9.17, 15) is 47.9 Å². The van der Waals surface area contributed by atoms with Crippen molar-refractivity contribution in [1.82, 2.24) is 46.6 Å². The van der Waals surface area contributed by atoms with Crippen molar-refractivity contribution in [3.8, 4) is 0 Å². The molecule has 0 spiro atoms. The van der Waals surface area contributed by atoms with Crippen LogP contribution in [0.1, 0.15) is 172 Å². The van der Waals surface area contributed by atoms with E-state index in [-0.39, 0.29) is 118 Å². The second kappa shape index (κ2) is 49.5. The largest absolute Gasteiger partial charge is 0.460 e. The summed E-state index contributed by atoms with van der Waals surface area (Å²) in [6.07, 6.45) is -1.03. The van der Waals surface area contributed by atoms with Crippen LogP contribution in [0, 0.1) is 0 Å². The molecule has 2 aliphatic heterocycles. The summed E-state index contributed by atoms with van der Waals surface area (Å²) in [6, 6.07) is 14.6. The van der Waals surface area contributed by atoms with E-state index in [1.807, 2.05) is 0 Å². The van der Waals surface area contributed by atoms with Crippen LogP contribution in [0.3, 0.4) is 0 Å². The van der Waals surface area contributed by atoms with Crippen LogP contribution in [0.4, 0.5) is 24.0 Å². The fraction of sp³-hybridized carbons (Fsp3) is 0.540. The average molecular weight is 1560 g/mol. The number of aliphatic imine (C=N–C) groups is 4. The summed E-state index contributed by atoms with van der Waals surface area (Å²) in [5.41, 5.74) is 14.5. The van der Waals surface area contributed by atoms with Gasteiger partial charge in [-0.1, -0.05) is 24.3 Å². The molecule has 3 aromatic rings. The standard InChI is InChI=1S/C21H28N4O7.C15H23N3O4.C13H26N4O5.C10H10N2O3.C3H10N4O.CH6N2.3ClH/c1-20(2,3)31-18(28)23-17(24-19(29)32-21(4,5)6)22-11-12-30-25-15(26)13-9-7-8-10-14(13)16(25)27;1-14(2,3)21-12(19)10-11(18-9-7-8-16-18)17-13(20)22-15(4,5)6;1-12(2,3)21-10(18)16-9(15-7-8-20-14)17-11(19)22-13(4,5)6;11-5-6-15-12-9(13)7-3-1-2-4-8(7)10(12)14;4-3(5)7-1-2-8-6;1-3-2;;;/h7-10H,11-12H2,1-6H3,(H2,22,23,24,28,29);7-9H,10H2,1-6H3;7-8,14H2,1-6H3,(H2,15,16,17,18,19);1-4H,5-6,11H2;1-2,6H2,(H4,4,5,7);3H,2H2,1H3;3*1H. The van der Waals surface area contributed by atoms with E-state index in [1.54, 1.807) is 180 Å². The molecule has 2 aromatic carbocycles. The number of nitrogens with zero attached hydrogens (tertiary/aromatic N) is 8. The van der Waals surface area contributed by atoms with Gasteiger partial charge in [-0.2, -0.15) is 10.1 Å². The molecule has 17 N–H and O–H groups in total. The molecule has 3 heterocycles. The molecule has 1 aromatic heterocycles. The first kappa shape index (κ1) is 102. The van der Waals surface area contributed by atoms with Gasteiger partial charge in [-0.25, -0.2) is 50.4 Å². The first-order chi connectivity index (χ1) is 47.1. The Morgan fingerprint density at radius 1 is 0.467 bits per heavy atom. The molecule has 594 valence electrons. The molecular formula is C63H106Cl3N19O20. The molecule has 39 nitrogen and oxygen atoms in total. The van der Waals surface area contributed by atoms with Gasteiger partial charge >= 0.3 is 36.4 Å². The average Bonchev–Trinajstić information content (AvgIpc) is 1.65. The molecule has 5 rings (SSSR count). The fourth-order valence-electron chi connectivity index (χ4n) is 6.75. The zero-order valence-electron chi connectivity index (χ0n) is 62.6. The minimum atomic E-state index is -0.839. The lowest BCUT2D eigenvalue weighted by Crippen LogP contribution is -2.47. The summed E-state index contributed by atoms with van der Waals surface area (Å²) in [7, 11) is 1.65. The number of carbonyl (C=O) groups is 10. The number of rotatable bonds is 15. The van der Waals surface area contributed by atoms with Crippen LogP contribution in [0.15, 0.2) is 87.0 Å². The van der Waals surface area contributed by atoms with Crippen LogP contribution < -0.4 is 61.5 Å². The number of guanidine groups is 3. The van der Waals surface area contributed by atoms with Gasteiger partial charge in [-0.05, 0) is 162 Å². The number of nitrogens with two attached hydrogens (primary N) is 6. The van der Waals surface area contributed by atoms with E-state index >= 15 is 0 Å². The van der Waals surface area contributed by atoms with Gasteiger partial charge in [0.25, 0.3) is 23.6 Å². The molecule has 0 radical (unpaired) electrons. The molecule has 0 aliphatic carbocycles. The van der Waals surface area contributed by atoms with Crippen LogP contribution in [-0.2, 0) is 52.6 Å². The Labute approximate surface area is 629 Å². The lowest BCUT2D eigenvalue weighted by atomic mass is 10.1. The van der Waals surface area contributed by atoms with Crippen molar-refractivity contribution in [1.29, 1.82) is 0 Å². The van der Waals surface area contributed by atoms with Gasteiger partial charge in [-0.3, -0.25) is 71.2 Å². The molecule has 0 saturated carbocycles. The number of hydrazine groups is 1. The van der Waals surface area contributed by atoms with Gasteiger partial charge in [-0.15, -0.1) is 47.3 Å².